The van der Waals surface area contributed by atoms with E-state index >= 15 is 0 Å². The second-order valence-electron chi connectivity index (χ2n) is 10.2. The molecule has 6 heteroatoms. The van der Waals surface area contributed by atoms with E-state index in [4.69, 9.17) is 19.2 Å². The Hall–Kier alpha value is -5.23. The highest BCUT2D eigenvalue weighted by Crippen LogP contribution is 2.43. The largest absolute Gasteiger partial charge is 0.496 e. The fourth-order valence-electron chi connectivity index (χ4n) is 5.27. The number of aliphatic imine (C=N–C) groups is 1. The van der Waals surface area contributed by atoms with Crippen LogP contribution in [0.1, 0.15) is 34.6 Å². The normalized spacial score (nSPS) is 17.1. The highest BCUT2D eigenvalue weighted by Gasteiger charge is 2.52. The summed E-state index contributed by atoms with van der Waals surface area (Å²) in [5.74, 6) is -0.000871. The Kier molecular flexibility index (Phi) is 9.27. The van der Waals surface area contributed by atoms with E-state index in [1.807, 2.05) is 103 Å². The molecule has 4 aromatic carbocycles. The number of carbonyl (C=O) groups excluding carboxylic acids is 2. The van der Waals surface area contributed by atoms with Crippen LogP contribution in [-0.4, -0.2) is 37.4 Å². The smallest absolute Gasteiger partial charge is 0.342 e. The van der Waals surface area contributed by atoms with Crippen LogP contribution in [-0.2, 0) is 20.7 Å². The lowest BCUT2D eigenvalue weighted by molar-refractivity contribution is -0.139. The number of nitrogens with zero attached hydrogens (tertiary/aromatic N) is 1. The van der Waals surface area contributed by atoms with Gasteiger partial charge in [0.05, 0.1) is 14.2 Å². The number of methoxy groups -OCH3 is 2. The summed E-state index contributed by atoms with van der Waals surface area (Å²) in [6.07, 6.45) is 7.53. The fourth-order valence-corrected chi connectivity index (χ4v) is 5.27. The van der Waals surface area contributed by atoms with Gasteiger partial charge in [-0.05, 0) is 34.9 Å². The Balaban J connectivity index is 1.58. The third-order valence-electron chi connectivity index (χ3n) is 7.38. The van der Waals surface area contributed by atoms with E-state index in [2.05, 4.69) is 0 Å². The summed E-state index contributed by atoms with van der Waals surface area (Å²) in [6.45, 7) is 0. The van der Waals surface area contributed by atoms with Gasteiger partial charge in [-0.1, -0.05) is 115 Å². The summed E-state index contributed by atoms with van der Waals surface area (Å²) in [5, 5.41) is 0. The Morgan fingerprint density at radius 3 is 2.07 bits per heavy atom. The highest BCUT2D eigenvalue weighted by atomic mass is 16.6. The molecule has 0 N–H and O–H groups in total. The van der Waals surface area contributed by atoms with Crippen molar-refractivity contribution in [1.82, 2.24) is 0 Å². The van der Waals surface area contributed by atoms with Gasteiger partial charge >= 0.3 is 5.97 Å². The first-order valence-electron chi connectivity index (χ1n) is 14.1. The monoisotopic (exact) mass is 571 g/mol. The van der Waals surface area contributed by atoms with E-state index in [0.717, 1.165) is 16.7 Å². The van der Waals surface area contributed by atoms with Crippen molar-refractivity contribution in [2.24, 2.45) is 4.99 Å². The van der Waals surface area contributed by atoms with Crippen LogP contribution in [0.25, 0.3) is 6.08 Å². The first-order chi connectivity index (χ1) is 21.0. The molecule has 0 aromatic heterocycles. The van der Waals surface area contributed by atoms with E-state index in [1.165, 1.54) is 0 Å². The number of ether oxygens (including phenoxy) is 3. The third-order valence-corrected chi connectivity index (χ3v) is 7.38. The molecule has 1 aliphatic heterocycles. The van der Waals surface area contributed by atoms with Crippen LogP contribution < -0.4 is 9.47 Å². The van der Waals surface area contributed by atoms with Crippen LogP contribution in [0.3, 0.4) is 0 Å². The first-order valence-corrected chi connectivity index (χ1v) is 14.1. The number of carbonyl (C=O) groups is 2. The Labute approximate surface area is 252 Å². The lowest BCUT2D eigenvalue weighted by Crippen LogP contribution is -2.42. The molecule has 0 aliphatic carbocycles. The molecular formula is C37H33NO5. The number of hydrogen-bond donors (Lipinski definition) is 0. The topological polar surface area (TPSA) is 74.2 Å². The van der Waals surface area contributed by atoms with Crippen LogP contribution in [0.2, 0.25) is 0 Å². The van der Waals surface area contributed by atoms with Crippen LogP contribution in [0.15, 0.2) is 132 Å². The average Bonchev–Trinajstić information content (AvgIpc) is 3.38. The van der Waals surface area contributed by atoms with Gasteiger partial charge in [-0.25, -0.2) is 9.79 Å². The van der Waals surface area contributed by atoms with Crippen molar-refractivity contribution in [2.45, 2.75) is 24.3 Å². The minimum Gasteiger partial charge on any atom is -0.496 e. The number of ketones is 1. The highest BCUT2D eigenvalue weighted by molar-refractivity contribution is 6.11. The Bertz CT molecular complexity index is 1620. The molecule has 0 fully saturated rings. The predicted octanol–water partition coefficient (Wildman–Crippen LogP) is 7.00. The molecule has 4 aromatic rings. The standard InChI is InChI=1S/C37H33NO5/c1-41-32-22-13-23-33(42-2)34(32)35-38-37(36(40)43-35,26-28-16-8-4-9-17-28)31(29-18-10-5-11-19-29)21-12-20-30(39)25-24-27-14-6-3-7-15-27/h3-19,21-25,31H,20,26H2,1-2H3/b21-12+,25-24+/t31-,37-/m1/s1. The average molecular weight is 572 g/mol. The number of hydrogen-bond acceptors (Lipinski definition) is 6. The summed E-state index contributed by atoms with van der Waals surface area (Å²) in [5.41, 5.74) is 1.85. The summed E-state index contributed by atoms with van der Waals surface area (Å²) in [6, 6.07) is 34.4. The van der Waals surface area contributed by atoms with Gasteiger partial charge in [-0.3, -0.25) is 4.79 Å². The van der Waals surface area contributed by atoms with Crippen molar-refractivity contribution in [1.29, 1.82) is 0 Å². The van der Waals surface area contributed by atoms with E-state index in [0.29, 0.717) is 17.1 Å². The molecule has 0 saturated heterocycles. The summed E-state index contributed by atoms with van der Waals surface area (Å²) >= 11 is 0. The third kappa shape index (κ3) is 6.65. The molecule has 0 amide bonds. The number of rotatable bonds is 12. The van der Waals surface area contributed by atoms with Crippen molar-refractivity contribution < 1.29 is 23.8 Å². The summed E-state index contributed by atoms with van der Waals surface area (Å²) in [7, 11) is 3.09. The van der Waals surface area contributed by atoms with Gasteiger partial charge in [-0.15, -0.1) is 0 Å². The molecule has 216 valence electrons. The maximum absolute atomic E-state index is 14.1. The molecule has 0 spiro atoms. The zero-order chi connectivity index (χ0) is 30.1. The maximum Gasteiger partial charge on any atom is 0.342 e. The Morgan fingerprint density at radius 2 is 1.44 bits per heavy atom. The van der Waals surface area contributed by atoms with Crippen molar-refractivity contribution in [2.75, 3.05) is 14.2 Å². The molecule has 2 atom stereocenters. The zero-order valence-corrected chi connectivity index (χ0v) is 24.2. The Morgan fingerprint density at radius 1 is 0.837 bits per heavy atom. The molecule has 43 heavy (non-hydrogen) atoms. The minimum absolute atomic E-state index is 0.0547. The number of cyclic esters (lactones) is 1. The van der Waals surface area contributed by atoms with Gasteiger partial charge in [0.2, 0.25) is 5.90 Å². The van der Waals surface area contributed by atoms with Crippen molar-refractivity contribution in [3.63, 3.8) is 0 Å². The maximum atomic E-state index is 14.1. The number of esters is 1. The molecule has 1 heterocycles. The lowest BCUT2D eigenvalue weighted by atomic mass is 9.75. The van der Waals surface area contributed by atoms with E-state index in [9.17, 15) is 9.59 Å². The minimum atomic E-state index is -1.36. The molecule has 6 nitrogen and oxygen atoms in total. The molecule has 0 radical (unpaired) electrons. The van der Waals surface area contributed by atoms with Gasteiger partial charge in [0.15, 0.2) is 11.3 Å². The van der Waals surface area contributed by atoms with Gasteiger partial charge in [-0.2, -0.15) is 0 Å². The van der Waals surface area contributed by atoms with Crippen molar-refractivity contribution >= 4 is 23.7 Å². The fraction of sp³-hybridized carbons (Fsp3) is 0.162. The lowest BCUT2D eigenvalue weighted by Gasteiger charge is -2.30. The zero-order valence-electron chi connectivity index (χ0n) is 24.2. The second-order valence-corrected chi connectivity index (χ2v) is 10.2. The van der Waals surface area contributed by atoms with E-state index in [-0.39, 0.29) is 24.5 Å². The first kappa shape index (κ1) is 29.3. The van der Waals surface area contributed by atoms with Crippen LogP contribution >= 0.6 is 0 Å². The summed E-state index contributed by atoms with van der Waals surface area (Å²) in [4.78, 5) is 32.0. The predicted molar refractivity (Wildman–Crippen MR) is 168 cm³/mol. The van der Waals surface area contributed by atoms with Crippen molar-refractivity contribution in [3.8, 4) is 11.5 Å². The SMILES string of the molecule is COc1cccc(OC)c1C1=N[C@](Cc2ccccc2)([C@H](/C=C/CC(=O)/C=C/c2ccccc2)c2ccccc2)C(=O)O1. The molecule has 5 rings (SSSR count). The second kappa shape index (κ2) is 13.6. The quantitative estimate of drug-likeness (QED) is 0.104. The van der Waals surface area contributed by atoms with E-state index < -0.39 is 17.4 Å². The molecule has 0 saturated carbocycles. The van der Waals surface area contributed by atoms with Crippen LogP contribution in [0.4, 0.5) is 0 Å². The van der Waals surface area contributed by atoms with Crippen LogP contribution in [0, 0.1) is 0 Å². The number of benzene rings is 4. The van der Waals surface area contributed by atoms with Crippen LogP contribution in [0.5, 0.6) is 11.5 Å². The molecular weight excluding hydrogens is 538 g/mol. The van der Waals surface area contributed by atoms with Gasteiger partial charge in [0, 0.05) is 18.8 Å². The van der Waals surface area contributed by atoms with Gasteiger partial charge < -0.3 is 14.2 Å². The van der Waals surface area contributed by atoms with Gasteiger partial charge in [0.1, 0.15) is 17.1 Å². The molecule has 1 aliphatic rings. The van der Waals surface area contributed by atoms with Crippen molar-refractivity contribution in [3.05, 3.63) is 150 Å². The number of allylic oxidation sites excluding steroid dienone is 2. The van der Waals surface area contributed by atoms with E-state index in [1.54, 1.807) is 44.6 Å². The molecule has 0 unspecified atom stereocenters. The summed E-state index contributed by atoms with van der Waals surface area (Å²) < 4.78 is 17.2. The van der Waals surface area contributed by atoms with Gasteiger partial charge in [0.25, 0.3) is 0 Å². The molecule has 0 bridgehead atoms.